The van der Waals surface area contributed by atoms with E-state index in [0.717, 1.165) is 78.9 Å². The van der Waals surface area contributed by atoms with Gasteiger partial charge in [-0.2, -0.15) is 0 Å². The van der Waals surface area contributed by atoms with Crippen molar-refractivity contribution in [2.75, 3.05) is 11.5 Å². The molecular weight excluding hydrogens is 741 g/mol. The molecule has 1 fully saturated rings. The average molecular weight is 795 g/mol. The second kappa shape index (κ2) is 16.2. The van der Waals surface area contributed by atoms with Crippen molar-refractivity contribution in [2.24, 2.45) is 5.92 Å². The molecule has 2 aliphatic carbocycles. The van der Waals surface area contributed by atoms with E-state index in [4.69, 9.17) is 4.74 Å². The van der Waals surface area contributed by atoms with Crippen molar-refractivity contribution >= 4 is 40.0 Å². The van der Waals surface area contributed by atoms with Gasteiger partial charge in [0.15, 0.2) is 11.6 Å². The van der Waals surface area contributed by atoms with Gasteiger partial charge in [-0.15, -0.1) is 0 Å². The molecule has 1 atom stereocenters. The number of hydrogen-bond donors (Lipinski definition) is 1. The van der Waals surface area contributed by atoms with Crippen molar-refractivity contribution in [3.63, 3.8) is 0 Å². The van der Waals surface area contributed by atoms with E-state index in [-0.39, 0.29) is 28.1 Å². The van der Waals surface area contributed by atoms with Gasteiger partial charge in [-0.1, -0.05) is 72.3 Å². The number of aromatic nitrogens is 3. The van der Waals surface area contributed by atoms with Crippen molar-refractivity contribution < 1.29 is 23.9 Å². The predicted molar refractivity (Wildman–Crippen MR) is 230 cm³/mol. The highest BCUT2D eigenvalue weighted by atomic mass is 16.5. The molecule has 10 nitrogen and oxygen atoms in total. The first-order valence-electron chi connectivity index (χ1n) is 21.7. The van der Waals surface area contributed by atoms with Gasteiger partial charge >= 0.3 is 0 Å². The number of unbranched alkanes of at least 4 members (excludes halogenated alkanes) is 1. The maximum Gasteiger partial charge on any atom is 0.266 e. The van der Waals surface area contributed by atoms with Gasteiger partial charge in [0, 0.05) is 28.2 Å². The zero-order chi connectivity index (χ0) is 41.7. The van der Waals surface area contributed by atoms with Crippen molar-refractivity contribution in [3.8, 4) is 11.4 Å². The van der Waals surface area contributed by atoms with Gasteiger partial charge in [0.2, 0.25) is 0 Å². The first-order valence-corrected chi connectivity index (χ1v) is 21.7. The number of Topliss-reactive ketones (excluding diaryl/α,β-unsaturated/α-hetero) is 2. The smallest absolute Gasteiger partial charge is 0.266 e. The maximum atomic E-state index is 14.2. The number of anilines is 1. The minimum Gasteiger partial charge on any atom is -0.491 e. The first-order chi connectivity index (χ1) is 28.5. The molecule has 1 saturated carbocycles. The van der Waals surface area contributed by atoms with E-state index < -0.39 is 34.9 Å². The topological polar surface area (TPSA) is 131 Å². The number of rotatable bonds is 13. The van der Waals surface area contributed by atoms with Crippen LogP contribution in [0.4, 0.5) is 5.69 Å². The van der Waals surface area contributed by atoms with Gasteiger partial charge in [-0.05, 0) is 117 Å². The molecule has 0 radical (unpaired) electrons. The molecule has 0 saturated heterocycles. The number of ketones is 2. The number of aromatic amines is 1. The summed E-state index contributed by atoms with van der Waals surface area (Å²) in [6, 6.07) is 14.0. The SMILES string of the molecule is CCCCC(CC)COc1cc(C2CCCCC2)ccc1N1C(=O)c2cc3c(cc2C1=O)C(=O)C(c1nc2ccc(-n4c(C)c(CC)c(CC)c4C)cc2c(=O)[nH]1)C3=O. The molecule has 1 aliphatic heterocycles. The number of carbonyl (C=O) groups excluding carboxylic acids is 4. The lowest BCUT2D eigenvalue weighted by molar-refractivity contribution is 0.0882. The Bertz CT molecular complexity index is 2510. The summed E-state index contributed by atoms with van der Waals surface area (Å²) >= 11 is 0. The Morgan fingerprint density at radius 1 is 0.780 bits per heavy atom. The number of carbonyl (C=O) groups is 4. The minimum absolute atomic E-state index is 0.0303. The second-order valence-corrected chi connectivity index (χ2v) is 16.7. The van der Waals surface area contributed by atoms with Crippen LogP contribution in [0.15, 0.2) is 53.3 Å². The number of imide groups is 1. The molecule has 306 valence electrons. The Labute approximate surface area is 345 Å². The number of hydrogen-bond acceptors (Lipinski definition) is 7. The van der Waals surface area contributed by atoms with Crippen molar-refractivity contribution in [2.45, 2.75) is 124 Å². The van der Waals surface area contributed by atoms with Gasteiger partial charge in [0.1, 0.15) is 17.5 Å². The third-order valence-electron chi connectivity index (χ3n) is 13.3. The van der Waals surface area contributed by atoms with Crippen molar-refractivity contribution in [3.05, 3.63) is 115 Å². The quantitative estimate of drug-likeness (QED) is 0.0927. The van der Waals surface area contributed by atoms with E-state index in [1.54, 1.807) is 12.1 Å². The second-order valence-electron chi connectivity index (χ2n) is 16.7. The highest BCUT2D eigenvalue weighted by Crippen LogP contribution is 2.43. The van der Waals surface area contributed by atoms with E-state index in [1.807, 2.05) is 24.3 Å². The third kappa shape index (κ3) is 6.84. The molecule has 0 bridgehead atoms. The van der Waals surface area contributed by atoms with E-state index >= 15 is 0 Å². The largest absolute Gasteiger partial charge is 0.491 e. The van der Waals surface area contributed by atoms with Crippen LogP contribution < -0.4 is 15.2 Å². The van der Waals surface area contributed by atoms with Gasteiger partial charge in [-0.3, -0.25) is 24.0 Å². The normalized spacial score (nSPS) is 16.4. The molecule has 5 aromatic rings. The molecule has 3 aromatic carbocycles. The van der Waals surface area contributed by atoms with Crippen LogP contribution in [0.1, 0.15) is 173 Å². The number of H-pyrrole nitrogens is 1. The summed E-state index contributed by atoms with van der Waals surface area (Å²) < 4.78 is 8.66. The zero-order valence-corrected chi connectivity index (χ0v) is 35.1. The summed E-state index contributed by atoms with van der Waals surface area (Å²) in [4.78, 5) is 78.8. The number of benzene rings is 3. The molecule has 10 heteroatoms. The monoisotopic (exact) mass is 794 g/mol. The van der Waals surface area contributed by atoms with E-state index in [1.165, 1.54) is 42.5 Å². The molecule has 0 spiro atoms. The summed E-state index contributed by atoms with van der Waals surface area (Å²) in [6.45, 7) is 13.2. The Hall–Kier alpha value is -5.64. The predicted octanol–water partition coefficient (Wildman–Crippen LogP) is 10.1. The number of nitrogens with zero attached hydrogens (tertiary/aromatic N) is 3. The minimum atomic E-state index is -1.41. The van der Waals surface area contributed by atoms with Crippen LogP contribution in [0, 0.1) is 19.8 Å². The van der Waals surface area contributed by atoms with E-state index in [0.29, 0.717) is 40.8 Å². The van der Waals surface area contributed by atoms with Crippen LogP contribution >= 0.6 is 0 Å². The van der Waals surface area contributed by atoms with E-state index in [9.17, 15) is 24.0 Å². The molecule has 59 heavy (non-hydrogen) atoms. The Morgan fingerprint density at radius 2 is 1.42 bits per heavy atom. The Kier molecular flexibility index (Phi) is 11.0. The van der Waals surface area contributed by atoms with Gasteiger partial charge in [0.05, 0.1) is 34.3 Å². The maximum absolute atomic E-state index is 14.2. The first kappa shape index (κ1) is 40.2. The van der Waals surface area contributed by atoms with Gasteiger partial charge in [0.25, 0.3) is 17.4 Å². The van der Waals surface area contributed by atoms with Crippen LogP contribution in [0.3, 0.4) is 0 Å². The molecule has 8 rings (SSSR count). The standard InChI is InChI=1S/C49H54N4O6/c1-7-11-15-29(8-2)26-59-42-22-31(30-16-13-12-14-17-30)18-21-41(42)53-48(57)37-24-35-36(25-38(37)49(53)58)45(55)43(44(35)54)46-50-40-20-19-32(23-39(40)47(56)51-46)52-27(5)33(9-3)34(10-4)28(52)6/h18-25,29-30,43H,7-17,26H2,1-6H3,(H,50,51,56). The number of nitrogens with one attached hydrogen (secondary N) is 1. The Balaban J connectivity index is 1.10. The van der Waals surface area contributed by atoms with Gasteiger partial charge in [-0.25, -0.2) is 9.88 Å². The molecule has 1 unspecified atom stereocenters. The van der Waals surface area contributed by atoms with Crippen LogP contribution in [-0.2, 0) is 12.8 Å². The Morgan fingerprint density at radius 3 is 2.02 bits per heavy atom. The molecule has 2 amide bonds. The summed E-state index contributed by atoms with van der Waals surface area (Å²) in [7, 11) is 0. The lowest BCUT2D eigenvalue weighted by atomic mass is 9.84. The van der Waals surface area contributed by atoms with Crippen LogP contribution in [0.2, 0.25) is 0 Å². The average Bonchev–Trinajstić information content (AvgIpc) is 3.76. The van der Waals surface area contributed by atoms with Crippen molar-refractivity contribution in [1.29, 1.82) is 0 Å². The third-order valence-corrected chi connectivity index (χ3v) is 13.3. The van der Waals surface area contributed by atoms with Gasteiger partial charge < -0.3 is 14.3 Å². The van der Waals surface area contributed by atoms with Crippen LogP contribution in [0.5, 0.6) is 5.75 Å². The lowest BCUT2D eigenvalue weighted by Crippen LogP contribution is -2.30. The molecule has 1 N–H and O–H groups in total. The molecule has 3 heterocycles. The number of amides is 2. The highest BCUT2D eigenvalue weighted by Gasteiger charge is 2.46. The fourth-order valence-electron chi connectivity index (χ4n) is 9.92. The molecular formula is C49H54N4O6. The summed E-state index contributed by atoms with van der Waals surface area (Å²) in [5.74, 6) is -2.59. The summed E-state index contributed by atoms with van der Waals surface area (Å²) in [6.07, 6.45) is 11.7. The van der Waals surface area contributed by atoms with Crippen LogP contribution in [0.25, 0.3) is 16.6 Å². The summed E-state index contributed by atoms with van der Waals surface area (Å²) in [5, 5.41) is 0.335. The lowest BCUT2D eigenvalue weighted by Gasteiger charge is -2.25. The zero-order valence-electron chi connectivity index (χ0n) is 35.1. The number of fused-ring (bicyclic) bond motifs is 3. The molecule has 3 aliphatic rings. The fraction of sp³-hybridized carbons (Fsp3) is 0.429. The summed E-state index contributed by atoms with van der Waals surface area (Å²) in [5.41, 5.74) is 7.22. The highest BCUT2D eigenvalue weighted by molar-refractivity contribution is 6.37. The van der Waals surface area contributed by atoms with Crippen LogP contribution in [-0.4, -0.2) is 44.5 Å². The number of ether oxygens (including phenoxy) is 1. The fourth-order valence-corrected chi connectivity index (χ4v) is 9.92. The molecule has 2 aromatic heterocycles. The van der Waals surface area contributed by atoms with Crippen molar-refractivity contribution in [1.82, 2.24) is 14.5 Å². The van der Waals surface area contributed by atoms with E-state index in [2.05, 4.69) is 56.1 Å².